The molecule has 1 saturated heterocycles. The number of anilines is 1. The van der Waals surface area contributed by atoms with Gasteiger partial charge in [0.1, 0.15) is 12.7 Å². The van der Waals surface area contributed by atoms with Crippen molar-refractivity contribution in [3.05, 3.63) is 35.9 Å². The second-order valence-corrected chi connectivity index (χ2v) is 6.42. The zero-order valence-corrected chi connectivity index (χ0v) is 14.9. The lowest BCUT2D eigenvalue weighted by molar-refractivity contribution is 0.0836. The minimum Gasteiger partial charge on any atom is -0.376 e. The van der Waals surface area contributed by atoms with Crippen LogP contribution in [0.15, 0.2) is 30.9 Å². The van der Waals surface area contributed by atoms with E-state index < -0.39 is 0 Å². The van der Waals surface area contributed by atoms with Gasteiger partial charge in [-0.1, -0.05) is 18.5 Å². The molecule has 25 heavy (non-hydrogen) atoms. The highest BCUT2D eigenvalue weighted by Gasteiger charge is 2.22. The van der Waals surface area contributed by atoms with Crippen LogP contribution in [0.3, 0.4) is 0 Å². The first-order chi connectivity index (χ1) is 12.2. The number of nitrogens with zero attached hydrogens (tertiary/aromatic N) is 4. The van der Waals surface area contributed by atoms with Crippen LogP contribution >= 0.6 is 11.6 Å². The van der Waals surface area contributed by atoms with E-state index in [9.17, 15) is 4.79 Å². The van der Waals surface area contributed by atoms with Gasteiger partial charge in [0.25, 0.3) is 0 Å². The first-order valence-corrected chi connectivity index (χ1v) is 8.87. The number of nitrogens with one attached hydrogen (secondary N) is 1. The average molecular weight is 364 g/mol. The molecule has 134 valence electrons. The molecule has 1 unspecified atom stereocenters. The van der Waals surface area contributed by atoms with Gasteiger partial charge in [-0.15, -0.1) is 0 Å². The molecule has 1 aromatic heterocycles. The van der Waals surface area contributed by atoms with Crippen molar-refractivity contribution in [2.75, 3.05) is 25.0 Å². The minimum atomic E-state index is -0.137. The van der Waals surface area contributed by atoms with E-state index in [1.807, 2.05) is 0 Å². The van der Waals surface area contributed by atoms with Crippen molar-refractivity contribution in [1.29, 1.82) is 0 Å². The van der Waals surface area contributed by atoms with E-state index in [1.54, 1.807) is 34.1 Å². The number of ether oxygens (including phenoxy) is 1. The fourth-order valence-corrected chi connectivity index (χ4v) is 3.15. The first-order valence-electron chi connectivity index (χ1n) is 8.49. The number of rotatable bonds is 6. The van der Waals surface area contributed by atoms with Crippen LogP contribution in [0, 0.1) is 0 Å². The molecular formula is C17H22ClN5O2. The second kappa shape index (κ2) is 8.31. The van der Waals surface area contributed by atoms with Crippen LogP contribution in [-0.2, 0) is 4.74 Å². The van der Waals surface area contributed by atoms with Gasteiger partial charge in [0.05, 0.1) is 16.8 Å². The molecule has 0 spiro atoms. The Hall–Kier alpha value is -2.12. The lowest BCUT2D eigenvalue weighted by Gasteiger charge is -2.25. The molecule has 1 fully saturated rings. The van der Waals surface area contributed by atoms with Gasteiger partial charge in [-0.05, 0) is 37.5 Å². The van der Waals surface area contributed by atoms with E-state index in [0.29, 0.717) is 29.5 Å². The maximum atomic E-state index is 12.6. The molecule has 2 aromatic rings. The van der Waals surface area contributed by atoms with Crippen LogP contribution in [0.1, 0.15) is 26.2 Å². The van der Waals surface area contributed by atoms with Crippen LogP contribution in [0.5, 0.6) is 0 Å². The highest BCUT2D eigenvalue weighted by molar-refractivity contribution is 6.32. The highest BCUT2D eigenvalue weighted by Crippen LogP contribution is 2.24. The third-order valence-corrected chi connectivity index (χ3v) is 4.40. The van der Waals surface area contributed by atoms with Crippen molar-refractivity contribution in [3.63, 3.8) is 0 Å². The number of amides is 2. The molecule has 1 atom stereocenters. The summed E-state index contributed by atoms with van der Waals surface area (Å²) in [7, 11) is 0. The zero-order chi connectivity index (χ0) is 17.6. The van der Waals surface area contributed by atoms with E-state index in [1.165, 1.54) is 6.33 Å². The monoisotopic (exact) mass is 363 g/mol. The van der Waals surface area contributed by atoms with E-state index in [2.05, 4.69) is 22.3 Å². The topological polar surface area (TPSA) is 72.3 Å². The van der Waals surface area contributed by atoms with Crippen LogP contribution < -0.4 is 5.32 Å². The van der Waals surface area contributed by atoms with Crippen LogP contribution in [0.25, 0.3) is 5.69 Å². The van der Waals surface area contributed by atoms with Crippen molar-refractivity contribution in [3.8, 4) is 5.69 Å². The number of carbonyl (C=O) groups is 1. The Labute approximate surface area is 151 Å². The maximum Gasteiger partial charge on any atom is 0.321 e. The van der Waals surface area contributed by atoms with Crippen molar-refractivity contribution >= 4 is 23.3 Å². The Balaban J connectivity index is 1.67. The van der Waals surface area contributed by atoms with Gasteiger partial charge in [-0.2, -0.15) is 5.10 Å². The SMILES string of the molecule is CCCN(CC1CCCO1)C(=O)Nc1ccc(-n2cncn2)c(Cl)c1. The maximum absolute atomic E-state index is 12.6. The van der Waals surface area contributed by atoms with Crippen molar-refractivity contribution in [1.82, 2.24) is 19.7 Å². The summed E-state index contributed by atoms with van der Waals surface area (Å²) < 4.78 is 7.23. The normalized spacial score (nSPS) is 16.8. The number of benzene rings is 1. The molecule has 1 aromatic carbocycles. The Kier molecular flexibility index (Phi) is 5.88. The molecule has 2 heterocycles. The largest absolute Gasteiger partial charge is 0.376 e. The molecular weight excluding hydrogens is 342 g/mol. The lowest BCUT2D eigenvalue weighted by atomic mass is 10.2. The molecule has 0 aliphatic carbocycles. The summed E-state index contributed by atoms with van der Waals surface area (Å²) in [6, 6.07) is 5.18. The summed E-state index contributed by atoms with van der Waals surface area (Å²) >= 11 is 6.31. The molecule has 8 heteroatoms. The van der Waals surface area contributed by atoms with E-state index in [-0.39, 0.29) is 12.1 Å². The summed E-state index contributed by atoms with van der Waals surface area (Å²) in [6.45, 7) is 4.14. The predicted molar refractivity (Wildman–Crippen MR) is 96.2 cm³/mol. The van der Waals surface area contributed by atoms with Gasteiger partial charge in [-0.25, -0.2) is 14.5 Å². The summed E-state index contributed by atoms with van der Waals surface area (Å²) in [5.74, 6) is 0. The van der Waals surface area contributed by atoms with Crippen molar-refractivity contribution < 1.29 is 9.53 Å². The molecule has 0 saturated carbocycles. The summed E-state index contributed by atoms with van der Waals surface area (Å²) in [5.41, 5.74) is 1.36. The van der Waals surface area contributed by atoms with Gasteiger partial charge < -0.3 is 15.0 Å². The van der Waals surface area contributed by atoms with Crippen molar-refractivity contribution in [2.45, 2.75) is 32.3 Å². The Morgan fingerprint density at radius 1 is 1.52 bits per heavy atom. The van der Waals surface area contributed by atoms with Gasteiger partial charge in [0.2, 0.25) is 0 Å². The third-order valence-electron chi connectivity index (χ3n) is 4.09. The fraction of sp³-hybridized carbons (Fsp3) is 0.471. The molecule has 7 nitrogen and oxygen atoms in total. The van der Waals surface area contributed by atoms with Crippen LogP contribution in [0.4, 0.5) is 10.5 Å². The number of aromatic nitrogens is 3. The number of halogens is 1. The van der Waals surface area contributed by atoms with Gasteiger partial charge >= 0.3 is 6.03 Å². The first kappa shape index (κ1) is 17.7. The molecule has 3 rings (SSSR count). The standard InChI is InChI=1S/C17H22ClN5O2/c1-2-7-22(10-14-4-3-8-25-14)17(24)21-13-5-6-16(15(18)9-13)23-12-19-11-20-23/h5-6,9,11-12,14H,2-4,7-8,10H2,1H3,(H,21,24). The number of hydrogen-bond acceptors (Lipinski definition) is 4. The zero-order valence-electron chi connectivity index (χ0n) is 14.2. The smallest absolute Gasteiger partial charge is 0.321 e. The lowest BCUT2D eigenvalue weighted by Crippen LogP contribution is -2.40. The van der Waals surface area contributed by atoms with Crippen molar-refractivity contribution in [2.24, 2.45) is 0 Å². The van der Waals surface area contributed by atoms with E-state index >= 15 is 0 Å². The Morgan fingerprint density at radius 2 is 2.40 bits per heavy atom. The molecule has 0 bridgehead atoms. The molecule has 1 N–H and O–H groups in total. The summed E-state index contributed by atoms with van der Waals surface area (Å²) in [4.78, 5) is 18.3. The van der Waals surface area contributed by atoms with Crippen LogP contribution in [0.2, 0.25) is 5.02 Å². The highest BCUT2D eigenvalue weighted by atomic mass is 35.5. The predicted octanol–water partition coefficient (Wildman–Crippen LogP) is 3.34. The third kappa shape index (κ3) is 4.49. The van der Waals surface area contributed by atoms with Crippen LogP contribution in [-0.4, -0.2) is 51.5 Å². The molecule has 1 aliphatic heterocycles. The van der Waals surface area contributed by atoms with Gasteiger partial charge in [-0.3, -0.25) is 0 Å². The van der Waals surface area contributed by atoms with Gasteiger partial charge in [0, 0.05) is 25.4 Å². The summed E-state index contributed by atoms with van der Waals surface area (Å²) in [5, 5.41) is 7.47. The number of urea groups is 1. The molecule has 1 aliphatic rings. The Morgan fingerprint density at radius 3 is 3.04 bits per heavy atom. The number of hydrogen-bond donors (Lipinski definition) is 1. The molecule has 0 radical (unpaired) electrons. The second-order valence-electron chi connectivity index (χ2n) is 6.02. The number of carbonyl (C=O) groups excluding carboxylic acids is 1. The molecule has 2 amide bonds. The fourth-order valence-electron chi connectivity index (χ4n) is 2.89. The Bertz CT molecular complexity index is 701. The van der Waals surface area contributed by atoms with E-state index in [4.69, 9.17) is 16.3 Å². The average Bonchev–Trinajstić information content (AvgIpc) is 3.28. The van der Waals surface area contributed by atoms with Gasteiger partial charge in [0.15, 0.2) is 0 Å². The summed E-state index contributed by atoms with van der Waals surface area (Å²) in [6.07, 6.45) is 6.11. The van der Waals surface area contributed by atoms with E-state index in [0.717, 1.165) is 25.9 Å². The minimum absolute atomic E-state index is 0.135. The quantitative estimate of drug-likeness (QED) is 0.854.